The van der Waals surface area contributed by atoms with Gasteiger partial charge in [0, 0.05) is 24.4 Å². The molecule has 3 aliphatic rings. The van der Waals surface area contributed by atoms with Gasteiger partial charge in [0.25, 0.3) is 0 Å². The standard InChI is InChI=1S/C25H42O5Si/c1-17-15-25-18(2)21(26)10-9-19(23(25)30-31(7,8)24(3,4)5)13-20(25)14-22(17)29-16-28-12-11-27-6/h9-10,14,17-19,22-23H,11-13,15-16H2,1-8H3/t17-,18-,19-,22-,23+,25-/m1/s1. The van der Waals surface area contributed by atoms with Crippen molar-refractivity contribution < 1.29 is 23.4 Å². The van der Waals surface area contributed by atoms with Crippen LogP contribution < -0.4 is 0 Å². The van der Waals surface area contributed by atoms with Crippen molar-refractivity contribution in [2.24, 2.45) is 23.2 Å². The first-order valence-corrected chi connectivity index (χ1v) is 14.6. The van der Waals surface area contributed by atoms with Gasteiger partial charge in [0.15, 0.2) is 14.1 Å². The highest BCUT2D eigenvalue weighted by Crippen LogP contribution is 2.61. The van der Waals surface area contributed by atoms with Crippen molar-refractivity contribution in [2.75, 3.05) is 27.1 Å². The molecule has 0 aromatic heterocycles. The fraction of sp³-hybridized carbons (Fsp3) is 0.800. The number of ketones is 1. The maximum Gasteiger partial charge on any atom is 0.192 e. The summed E-state index contributed by atoms with van der Waals surface area (Å²) in [6.45, 7) is 17.2. The first kappa shape index (κ1) is 24.8. The van der Waals surface area contributed by atoms with E-state index in [4.69, 9.17) is 18.6 Å². The van der Waals surface area contributed by atoms with Crippen LogP contribution in [0.2, 0.25) is 18.1 Å². The van der Waals surface area contributed by atoms with Gasteiger partial charge < -0.3 is 18.6 Å². The fourth-order valence-electron chi connectivity index (χ4n) is 5.31. The highest BCUT2D eigenvalue weighted by Gasteiger charge is 2.61. The Labute approximate surface area is 189 Å². The molecule has 0 aliphatic heterocycles. The van der Waals surface area contributed by atoms with Crippen molar-refractivity contribution >= 4 is 14.1 Å². The van der Waals surface area contributed by atoms with Crippen LogP contribution in [0.4, 0.5) is 0 Å². The van der Waals surface area contributed by atoms with E-state index in [1.165, 1.54) is 5.57 Å². The lowest BCUT2D eigenvalue weighted by molar-refractivity contribution is -0.127. The Hall–Kier alpha value is -0.793. The summed E-state index contributed by atoms with van der Waals surface area (Å²) in [4.78, 5) is 13.0. The zero-order chi connectivity index (χ0) is 23.0. The van der Waals surface area contributed by atoms with Crippen molar-refractivity contribution in [1.82, 2.24) is 0 Å². The Morgan fingerprint density at radius 2 is 1.90 bits per heavy atom. The third-order valence-electron chi connectivity index (χ3n) is 8.25. The van der Waals surface area contributed by atoms with E-state index >= 15 is 0 Å². The molecule has 6 atom stereocenters. The highest BCUT2D eigenvalue weighted by molar-refractivity contribution is 6.74. The maximum atomic E-state index is 13.0. The third kappa shape index (κ3) is 4.65. The smallest absolute Gasteiger partial charge is 0.192 e. The Morgan fingerprint density at radius 3 is 2.55 bits per heavy atom. The molecule has 6 heteroatoms. The third-order valence-corrected chi connectivity index (χ3v) is 12.7. The molecule has 1 spiro atoms. The number of hydrogen-bond acceptors (Lipinski definition) is 5. The summed E-state index contributed by atoms with van der Waals surface area (Å²) >= 11 is 0. The summed E-state index contributed by atoms with van der Waals surface area (Å²) in [6.07, 6.45) is 8.15. The molecule has 1 saturated carbocycles. The molecule has 0 amide bonds. The molecule has 0 aromatic rings. The van der Waals surface area contributed by atoms with Gasteiger partial charge in [0.2, 0.25) is 0 Å². The first-order valence-electron chi connectivity index (χ1n) is 11.7. The molecule has 0 radical (unpaired) electrons. The number of carbonyl (C=O) groups excluding carboxylic acids is 1. The number of allylic oxidation sites excluding steroid dienone is 1. The molecule has 0 unspecified atom stereocenters. The average Bonchev–Trinajstić information content (AvgIpc) is 2.92. The Balaban J connectivity index is 1.90. The SMILES string of the molecule is COCCOCO[C@@H]1C=C2C[C@H]3C=CC(=O)[C@@H](C)[C@@]2(C[C@H]1C)[C@H]3O[Si](C)(C)C(C)(C)C. The van der Waals surface area contributed by atoms with E-state index in [1.807, 2.05) is 6.08 Å². The van der Waals surface area contributed by atoms with Gasteiger partial charge in [-0.2, -0.15) is 0 Å². The number of carbonyl (C=O) groups is 1. The molecule has 0 heterocycles. The second-order valence-corrected chi connectivity index (χ2v) is 16.0. The summed E-state index contributed by atoms with van der Waals surface area (Å²) in [6, 6.07) is 0. The summed E-state index contributed by atoms with van der Waals surface area (Å²) < 4.78 is 23.8. The van der Waals surface area contributed by atoms with E-state index in [0.29, 0.717) is 13.2 Å². The van der Waals surface area contributed by atoms with Crippen LogP contribution in [0.25, 0.3) is 0 Å². The van der Waals surface area contributed by atoms with Gasteiger partial charge >= 0.3 is 0 Å². The normalized spacial score (nSPS) is 35.7. The van der Waals surface area contributed by atoms with Crippen LogP contribution in [-0.2, 0) is 23.4 Å². The molecule has 2 bridgehead atoms. The molecule has 0 N–H and O–H groups in total. The van der Waals surface area contributed by atoms with E-state index in [-0.39, 0.29) is 53.0 Å². The van der Waals surface area contributed by atoms with Gasteiger partial charge in [-0.3, -0.25) is 4.79 Å². The number of fused-ring (bicyclic) bond motifs is 1. The molecule has 1 fully saturated rings. The Bertz CT molecular complexity index is 722. The lowest BCUT2D eigenvalue weighted by Crippen LogP contribution is -2.53. The number of methoxy groups -OCH3 is 1. The van der Waals surface area contributed by atoms with Crippen LogP contribution in [0.15, 0.2) is 23.8 Å². The molecule has 0 aromatic carbocycles. The predicted molar refractivity (Wildman–Crippen MR) is 125 cm³/mol. The van der Waals surface area contributed by atoms with E-state index < -0.39 is 8.32 Å². The van der Waals surface area contributed by atoms with E-state index in [1.54, 1.807) is 7.11 Å². The van der Waals surface area contributed by atoms with Crippen molar-refractivity contribution in [3.63, 3.8) is 0 Å². The monoisotopic (exact) mass is 450 g/mol. The molecule has 31 heavy (non-hydrogen) atoms. The Kier molecular flexibility index (Phi) is 7.39. The molecule has 3 aliphatic carbocycles. The Morgan fingerprint density at radius 1 is 1.19 bits per heavy atom. The molecular formula is C25H42O5Si. The van der Waals surface area contributed by atoms with Gasteiger partial charge in [-0.15, -0.1) is 0 Å². The zero-order valence-corrected chi connectivity index (χ0v) is 21.7. The summed E-state index contributed by atoms with van der Waals surface area (Å²) in [7, 11) is -0.336. The summed E-state index contributed by atoms with van der Waals surface area (Å²) in [5.74, 6) is 0.676. The summed E-state index contributed by atoms with van der Waals surface area (Å²) in [5.41, 5.74) is 1.11. The quantitative estimate of drug-likeness (QED) is 0.222. The molecule has 0 saturated heterocycles. The maximum absolute atomic E-state index is 13.0. The van der Waals surface area contributed by atoms with Crippen LogP contribution in [0.3, 0.4) is 0 Å². The van der Waals surface area contributed by atoms with E-state index in [9.17, 15) is 4.79 Å². The largest absolute Gasteiger partial charge is 0.412 e. The summed E-state index contributed by atoms with van der Waals surface area (Å²) in [5, 5.41) is 0.127. The topological polar surface area (TPSA) is 54.0 Å². The van der Waals surface area contributed by atoms with Crippen LogP contribution in [-0.4, -0.2) is 53.4 Å². The minimum atomic E-state index is -2.00. The first-order chi connectivity index (χ1) is 14.4. The molecule has 176 valence electrons. The van der Waals surface area contributed by atoms with Gasteiger partial charge in [0.05, 0.1) is 25.4 Å². The lowest BCUT2D eigenvalue weighted by Gasteiger charge is -2.50. The van der Waals surface area contributed by atoms with E-state index in [2.05, 4.69) is 59.9 Å². The minimum absolute atomic E-state index is 0.00338. The number of ether oxygens (including phenoxy) is 3. The molecule has 3 rings (SSSR count). The number of rotatable bonds is 8. The van der Waals surface area contributed by atoms with Crippen molar-refractivity contribution in [3.05, 3.63) is 23.8 Å². The minimum Gasteiger partial charge on any atom is -0.412 e. The predicted octanol–water partition coefficient (Wildman–Crippen LogP) is 5.13. The number of hydrogen-bond donors (Lipinski definition) is 0. The van der Waals surface area contributed by atoms with Gasteiger partial charge in [-0.25, -0.2) is 0 Å². The van der Waals surface area contributed by atoms with Crippen LogP contribution in [0.1, 0.15) is 47.5 Å². The fourth-order valence-corrected chi connectivity index (χ4v) is 6.68. The zero-order valence-electron chi connectivity index (χ0n) is 20.7. The second kappa shape index (κ2) is 9.22. The van der Waals surface area contributed by atoms with Crippen molar-refractivity contribution in [1.29, 1.82) is 0 Å². The van der Waals surface area contributed by atoms with Crippen molar-refractivity contribution in [2.45, 2.75) is 77.8 Å². The second-order valence-electron chi connectivity index (χ2n) is 11.2. The highest BCUT2D eigenvalue weighted by atomic mass is 28.4. The van der Waals surface area contributed by atoms with Gasteiger partial charge in [0.1, 0.15) is 6.79 Å². The van der Waals surface area contributed by atoms with Crippen LogP contribution >= 0.6 is 0 Å². The van der Waals surface area contributed by atoms with Crippen molar-refractivity contribution in [3.8, 4) is 0 Å². The molecular weight excluding hydrogens is 408 g/mol. The van der Waals surface area contributed by atoms with Gasteiger partial charge in [-0.05, 0) is 43.0 Å². The lowest BCUT2D eigenvalue weighted by atomic mass is 9.61. The van der Waals surface area contributed by atoms with Crippen LogP contribution in [0.5, 0.6) is 0 Å². The van der Waals surface area contributed by atoms with E-state index in [0.717, 1.165) is 12.8 Å². The van der Waals surface area contributed by atoms with Crippen LogP contribution in [0, 0.1) is 23.2 Å². The molecule has 5 nitrogen and oxygen atoms in total. The van der Waals surface area contributed by atoms with Gasteiger partial charge in [-0.1, -0.05) is 52.3 Å². The average molecular weight is 451 g/mol.